The fraction of sp³-hybridized carbons (Fsp3) is 0.00971. The lowest BCUT2D eigenvalue weighted by Gasteiger charge is -2.11. The Morgan fingerprint density at radius 1 is 0.306 bits per heavy atom. The number of pyridine rings is 1. The Kier molecular flexibility index (Phi) is 25.6. The predicted octanol–water partition coefficient (Wildman–Crippen LogP) is 22.7. The summed E-state index contributed by atoms with van der Waals surface area (Å²) in [6.07, 6.45) is 16.3. The summed E-state index contributed by atoms with van der Waals surface area (Å²) in [4.78, 5) is 83.5. The Balaban J connectivity index is 0.000000108. The number of aromatic amines is 4. The summed E-state index contributed by atoms with van der Waals surface area (Å²) >= 11 is 15.6. The molecule has 652 valence electrons. The monoisotopic (exact) mass is 1860 g/mol. The van der Waals surface area contributed by atoms with Crippen LogP contribution in [0.25, 0.3) is 190 Å². The SMILES string of the molecule is Cc1nc2ccc(-c3ncc(N)nc3-c3ccccc3)cc2[nH]1.Nc1cnc(-c2cc(Cl)c3nc[nH]c3c2)c(-c2ccccc2)n1.Nc1cnc(-c2ccc(O)c(Cl)c2)c(-c2ccco2)n1.Nc1cnc(-c2ccc3[nH]ccc3c2)c(-c2ccccc2)n1.Nc1cnc(-c2ccc3nc[nH]c3c2)c(-c2ccccc2)n1.Nc1nc(-c2ccccc2)c(-c2ccc3ncccc3c2)nc1Br. The van der Waals surface area contributed by atoms with E-state index >= 15 is 0 Å². The first-order valence-electron chi connectivity index (χ1n) is 41.6. The highest BCUT2D eigenvalue weighted by molar-refractivity contribution is 9.10. The van der Waals surface area contributed by atoms with Crippen LogP contribution in [0.5, 0.6) is 5.75 Å². The molecule has 28 nitrogen and oxygen atoms in total. The molecule has 0 aliphatic heterocycles. The van der Waals surface area contributed by atoms with Gasteiger partial charge in [-0.3, -0.25) is 24.9 Å². The highest BCUT2D eigenvalue weighted by Crippen LogP contribution is 2.40. The van der Waals surface area contributed by atoms with Crippen LogP contribution in [-0.2, 0) is 0 Å². The minimum absolute atomic E-state index is 0.0124. The largest absolute Gasteiger partial charge is 0.506 e. The molecule has 0 fully saturated rings. The number of fused-ring (bicyclic) bond motifs is 5. The third kappa shape index (κ3) is 19.8. The zero-order chi connectivity index (χ0) is 92.1. The van der Waals surface area contributed by atoms with Crippen LogP contribution in [0.4, 0.5) is 34.9 Å². The molecular weight excluding hydrogens is 1780 g/mol. The first-order chi connectivity index (χ1) is 65.4. The minimum Gasteiger partial charge on any atom is -0.506 e. The second-order valence-electron chi connectivity index (χ2n) is 30.2. The lowest BCUT2D eigenvalue weighted by molar-refractivity contribution is 0.475. The Hall–Kier alpha value is -17.8. The number of hydrogen-bond acceptors (Lipinski definition) is 24. The highest BCUT2D eigenvalue weighted by atomic mass is 79.9. The van der Waals surface area contributed by atoms with Crippen LogP contribution in [0.2, 0.25) is 10.0 Å². The van der Waals surface area contributed by atoms with Gasteiger partial charge in [0.2, 0.25) is 0 Å². The molecule has 0 aliphatic carbocycles. The number of aromatic hydroxyl groups is 1. The van der Waals surface area contributed by atoms with Crippen molar-refractivity contribution in [1.29, 1.82) is 0 Å². The number of nitrogen functional groups attached to an aromatic ring is 6. The lowest BCUT2D eigenvalue weighted by atomic mass is 10.0. The maximum absolute atomic E-state index is 9.48. The third-order valence-electron chi connectivity index (χ3n) is 21.1. The summed E-state index contributed by atoms with van der Waals surface area (Å²) in [5, 5.41) is 12.5. The number of benzene rings is 11. The van der Waals surface area contributed by atoms with Crippen LogP contribution in [0.3, 0.4) is 0 Å². The molecular formula is C103H77BrCl2N26O2. The summed E-state index contributed by atoms with van der Waals surface area (Å²) in [6, 6.07) is 92.1. The maximum Gasteiger partial charge on any atom is 0.157 e. The van der Waals surface area contributed by atoms with Crippen LogP contribution in [0.1, 0.15) is 5.82 Å². The topological polar surface area (TPSA) is 459 Å². The zero-order valence-corrected chi connectivity index (χ0v) is 74.1. The number of nitrogens with zero attached hydrogens (tertiary/aromatic N) is 16. The zero-order valence-electron chi connectivity index (χ0n) is 71.0. The number of nitrogens with two attached hydrogens (primary N) is 6. The molecule has 23 rings (SSSR count). The van der Waals surface area contributed by atoms with Gasteiger partial charge in [0.15, 0.2) is 11.6 Å². The molecule has 0 radical (unpaired) electrons. The second-order valence-corrected chi connectivity index (χ2v) is 31.7. The van der Waals surface area contributed by atoms with Crippen molar-refractivity contribution in [3.63, 3.8) is 0 Å². The molecule has 0 spiro atoms. The van der Waals surface area contributed by atoms with Gasteiger partial charge in [0.1, 0.15) is 56.5 Å². The van der Waals surface area contributed by atoms with Crippen LogP contribution in [-0.4, -0.2) is 105 Å². The van der Waals surface area contributed by atoms with E-state index in [1.165, 1.54) is 12.3 Å². The molecule has 12 heterocycles. The van der Waals surface area contributed by atoms with Crippen molar-refractivity contribution in [2.75, 3.05) is 34.4 Å². The summed E-state index contributed by atoms with van der Waals surface area (Å²) in [5.74, 6) is 3.75. The minimum atomic E-state index is 0.0124. The van der Waals surface area contributed by atoms with E-state index in [-0.39, 0.29) is 10.8 Å². The molecule has 17 N–H and O–H groups in total. The molecule has 0 bridgehead atoms. The van der Waals surface area contributed by atoms with Gasteiger partial charge in [0, 0.05) is 89.9 Å². The smallest absolute Gasteiger partial charge is 0.157 e. The Morgan fingerprint density at radius 2 is 0.724 bits per heavy atom. The molecule has 12 aromatic heterocycles. The average molecular weight is 1860 g/mol. The number of anilines is 6. The van der Waals surface area contributed by atoms with Crippen LogP contribution in [0.15, 0.2) is 356 Å². The van der Waals surface area contributed by atoms with E-state index in [0.717, 1.165) is 173 Å². The molecule has 0 atom stereocenters. The first-order valence-corrected chi connectivity index (χ1v) is 43.2. The van der Waals surface area contributed by atoms with Gasteiger partial charge in [-0.1, -0.05) is 205 Å². The van der Waals surface area contributed by atoms with Gasteiger partial charge in [0.25, 0.3) is 0 Å². The first kappa shape index (κ1) is 86.9. The van der Waals surface area contributed by atoms with E-state index in [0.29, 0.717) is 67.2 Å². The molecule has 0 unspecified atom stereocenters. The van der Waals surface area contributed by atoms with Gasteiger partial charge < -0.3 is 63.9 Å². The number of hydrogen-bond donors (Lipinski definition) is 11. The number of phenols is 1. The van der Waals surface area contributed by atoms with E-state index in [2.05, 4.69) is 134 Å². The Morgan fingerprint density at radius 3 is 1.25 bits per heavy atom. The molecule has 0 aliphatic rings. The number of phenolic OH excluding ortho intramolecular Hbond substituents is 1. The standard InChI is InChI=1S/C19H13BrN4.C18H15N5.C18H14N4.C17H12ClN5.C17H13N5.C14H10ClN3O2/c20-18-19(21)24-16(12-5-2-1-3-6-12)17(23-18)14-8-9-15-13(11-14)7-4-10-22-15;1-11-21-14-8-7-13(9-15(14)22-11)17-18(23-16(19)10-20-17)12-5-3-2-4-6-12;19-16-11-21-17(18(22-16)12-4-2-1-3-5-12)14-6-7-15-13(10-14)8-9-20-15;18-12-6-11(7-13-17(12)22-9-21-13)15-16(23-14(19)8-20-15)10-4-2-1-3-5-10;18-15-9-19-16(17(22-15)11-4-2-1-3-5-11)12-6-7-13-14(8-12)21-10-20-13;15-9-6-8(3-4-10(9)19)13-14(11-2-1-5-20-11)18-12(16)7-17-13/h1-11H,(H2,21,24);2-10H,1H3,(H2,19,23)(H,21,22);1-11,20H,(H2,19,22);1-9H,(H2,19,23)(H,21,22);1-10H,(H2,18,22)(H,20,21);1-7,19H,(H2,16,18). The van der Waals surface area contributed by atoms with Gasteiger partial charge >= 0.3 is 0 Å². The van der Waals surface area contributed by atoms with Gasteiger partial charge in [-0.2, -0.15) is 0 Å². The quantitative estimate of drug-likeness (QED) is 0.0541. The summed E-state index contributed by atoms with van der Waals surface area (Å²) in [7, 11) is 0. The summed E-state index contributed by atoms with van der Waals surface area (Å²) in [6.45, 7) is 1.94. The van der Waals surface area contributed by atoms with E-state index < -0.39 is 0 Å². The molecule has 0 saturated carbocycles. The summed E-state index contributed by atoms with van der Waals surface area (Å²) < 4.78 is 5.90. The van der Waals surface area contributed by atoms with E-state index in [9.17, 15) is 5.11 Å². The van der Waals surface area contributed by atoms with Crippen molar-refractivity contribution in [2.24, 2.45) is 0 Å². The van der Waals surface area contributed by atoms with E-state index in [4.69, 9.17) is 62.0 Å². The summed E-state index contributed by atoms with van der Waals surface area (Å²) in [5.41, 5.74) is 61.8. The molecule has 31 heteroatoms. The number of furan rings is 1. The molecule has 11 aromatic carbocycles. The van der Waals surface area contributed by atoms with Gasteiger partial charge in [-0.05, 0) is 126 Å². The van der Waals surface area contributed by atoms with Crippen molar-refractivity contribution < 1.29 is 9.52 Å². The van der Waals surface area contributed by atoms with Gasteiger partial charge in [0.05, 0.1) is 156 Å². The van der Waals surface area contributed by atoms with Gasteiger partial charge in [-0.15, -0.1) is 0 Å². The number of aryl methyl sites for hydroxylation is 1. The van der Waals surface area contributed by atoms with Crippen LogP contribution in [0, 0.1) is 6.92 Å². The number of halogens is 3. The average Bonchev–Trinajstić information content (AvgIpc) is 1.71. The van der Waals surface area contributed by atoms with E-state index in [1.807, 2.05) is 250 Å². The van der Waals surface area contributed by atoms with Crippen molar-refractivity contribution >= 4 is 129 Å². The maximum atomic E-state index is 9.48. The van der Waals surface area contributed by atoms with Crippen molar-refractivity contribution in [3.8, 4) is 141 Å². The molecule has 0 amide bonds. The van der Waals surface area contributed by atoms with Crippen molar-refractivity contribution in [3.05, 3.63) is 368 Å². The number of imidazole rings is 3. The Bertz CT molecular complexity index is 7960. The number of H-pyrrole nitrogens is 4. The molecule has 0 saturated heterocycles. The highest BCUT2D eigenvalue weighted by Gasteiger charge is 2.22. The fourth-order valence-corrected chi connectivity index (χ4v) is 15.6. The van der Waals surface area contributed by atoms with E-state index in [1.54, 1.807) is 74.2 Å². The van der Waals surface area contributed by atoms with Crippen molar-refractivity contribution in [1.82, 2.24) is 99.7 Å². The number of rotatable bonds is 12. The van der Waals surface area contributed by atoms with Gasteiger partial charge in [-0.25, -0.2) is 54.8 Å². The fourth-order valence-electron chi connectivity index (χ4n) is 14.9. The Labute approximate surface area is 783 Å². The normalized spacial score (nSPS) is 10.9. The molecule has 134 heavy (non-hydrogen) atoms. The number of aromatic nitrogens is 20. The number of nitrogens with one attached hydrogen (secondary N) is 4. The van der Waals surface area contributed by atoms with Crippen LogP contribution >= 0.6 is 39.1 Å². The predicted molar refractivity (Wildman–Crippen MR) is 536 cm³/mol. The van der Waals surface area contributed by atoms with Crippen LogP contribution < -0.4 is 34.4 Å². The van der Waals surface area contributed by atoms with Crippen molar-refractivity contribution in [2.45, 2.75) is 6.92 Å². The second kappa shape index (κ2) is 39.4. The third-order valence-corrected chi connectivity index (χ3v) is 22.2. The molecule has 23 aromatic rings. The lowest BCUT2D eigenvalue weighted by Crippen LogP contribution is -2.00.